The van der Waals surface area contributed by atoms with Crippen LogP contribution >= 0.6 is 15.9 Å². The summed E-state index contributed by atoms with van der Waals surface area (Å²) in [5.74, 6) is 0.470. The SMILES string of the molecule is Cc1ccc(Br)c(-n2c(N)nc3c(C)nn(C)c32)c1. The zero-order chi connectivity index (χ0) is 13.7. The fraction of sp³-hybridized carbons (Fsp3) is 0.231. The third-order valence-corrected chi connectivity index (χ3v) is 3.84. The molecular formula is C13H14BrN5. The molecular weight excluding hydrogens is 306 g/mol. The Morgan fingerprint density at radius 3 is 2.74 bits per heavy atom. The van der Waals surface area contributed by atoms with Gasteiger partial charge in [0, 0.05) is 11.5 Å². The molecule has 6 heteroatoms. The van der Waals surface area contributed by atoms with Gasteiger partial charge in [0.1, 0.15) is 5.52 Å². The largest absolute Gasteiger partial charge is 0.369 e. The van der Waals surface area contributed by atoms with Gasteiger partial charge in [-0.25, -0.2) is 9.67 Å². The van der Waals surface area contributed by atoms with Crippen LogP contribution in [0.5, 0.6) is 0 Å². The summed E-state index contributed by atoms with van der Waals surface area (Å²) < 4.78 is 4.71. The fourth-order valence-corrected chi connectivity index (χ4v) is 2.74. The first-order valence-electron chi connectivity index (χ1n) is 5.93. The Morgan fingerprint density at radius 1 is 1.26 bits per heavy atom. The zero-order valence-electron chi connectivity index (χ0n) is 11.0. The molecule has 0 saturated heterocycles. The first-order valence-corrected chi connectivity index (χ1v) is 6.72. The van der Waals surface area contributed by atoms with Gasteiger partial charge in [-0.3, -0.25) is 4.57 Å². The van der Waals surface area contributed by atoms with E-state index in [1.165, 1.54) is 5.56 Å². The summed E-state index contributed by atoms with van der Waals surface area (Å²) in [6.07, 6.45) is 0. The summed E-state index contributed by atoms with van der Waals surface area (Å²) in [4.78, 5) is 4.42. The smallest absolute Gasteiger partial charge is 0.207 e. The molecule has 1 aromatic carbocycles. The minimum atomic E-state index is 0.470. The highest BCUT2D eigenvalue weighted by atomic mass is 79.9. The molecule has 0 atom stereocenters. The number of imidazole rings is 1. The summed E-state index contributed by atoms with van der Waals surface area (Å²) >= 11 is 3.57. The van der Waals surface area contributed by atoms with Crippen molar-refractivity contribution in [2.24, 2.45) is 7.05 Å². The third kappa shape index (κ3) is 1.74. The summed E-state index contributed by atoms with van der Waals surface area (Å²) in [5.41, 5.74) is 10.8. The second kappa shape index (κ2) is 4.09. The maximum absolute atomic E-state index is 6.08. The van der Waals surface area contributed by atoms with Gasteiger partial charge in [-0.05, 0) is 47.5 Å². The number of rotatable bonds is 1. The Bertz CT molecular complexity index is 784. The molecule has 0 amide bonds. The molecule has 19 heavy (non-hydrogen) atoms. The highest BCUT2D eigenvalue weighted by Gasteiger charge is 2.18. The van der Waals surface area contributed by atoms with E-state index in [1.54, 1.807) is 0 Å². The van der Waals surface area contributed by atoms with E-state index in [4.69, 9.17) is 5.73 Å². The molecule has 0 radical (unpaired) electrons. The van der Waals surface area contributed by atoms with E-state index in [-0.39, 0.29) is 0 Å². The Morgan fingerprint density at radius 2 is 2.00 bits per heavy atom. The normalized spacial score (nSPS) is 11.4. The molecule has 2 aromatic heterocycles. The monoisotopic (exact) mass is 319 g/mol. The molecule has 0 spiro atoms. The van der Waals surface area contributed by atoms with Crippen molar-refractivity contribution in [1.82, 2.24) is 19.3 Å². The van der Waals surface area contributed by atoms with Crippen molar-refractivity contribution in [2.75, 3.05) is 5.73 Å². The van der Waals surface area contributed by atoms with Crippen LogP contribution in [0, 0.1) is 13.8 Å². The van der Waals surface area contributed by atoms with Crippen LogP contribution in [0.25, 0.3) is 16.9 Å². The van der Waals surface area contributed by atoms with Crippen molar-refractivity contribution < 1.29 is 0 Å². The Kier molecular flexibility index (Phi) is 2.63. The van der Waals surface area contributed by atoms with Crippen molar-refractivity contribution in [1.29, 1.82) is 0 Å². The van der Waals surface area contributed by atoms with E-state index in [1.807, 2.05) is 35.4 Å². The van der Waals surface area contributed by atoms with Crippen molar-refractivity contribution in [3.05, 3.63) is 33.9 Å². The summed E-state index contributed by atoms with van der Waals surface area (Å²) in [6.45, 7) is 3.99. The summed E-state index contributed by atoms with van der Waals surface area (Å²) in [7, 11) is 1.90. The molecule has 0 aliphatic heterocycles. The molecule has 0 unspecified atom stereocenters. The number of aryl methyl sites for hydroxylation is 3. The number of hydrogen-bond acceptors (Lipinski definition) is 3. The lowest BCUT2D eigenvalue weighted by molar-refractivity contribution is 0.762. The third-order valence-electron chi connectivity index (χ3n) is 3.17. The van der Waals surface area contributed by atoms with E-state index < -0.39 is 0 Å². The van der Waals surface area contributed by atoms with Gasteiger partial charge in [-0.1, -0.05) is 6.07 Å². The van der Waals surface area contributed by atoms with Crippen LogP contribution in [-0.4, -0.2) is 19.3 Å². The molecule has 0 fully saturated rings. The van der Waals surface area contributed by atoms with Crippen LogP contribution in [0.2, 0.25) is 0 Å². The van der Waals surface area contributed by atoms with Crippen LogP contribution in [0.3, 0.4) is 0 Å². The van der Waals surface area contributed by atoms with Crippen molar-refractivity contribution in [2.45, 2.75) is 13.8 Å². The van der Waals surface area contributed by atoms with Crippen LogP contribution < -0.4 is 5.73 Å². The Hall–Kier alpha value is -1.82. The number of benzene rings is 1. The number of hydrogen-bond donors (Lipinski definition) is 1. The summed E-state index contributed by atoms with van der Waals surface area (Å²) in [6, 6.07) is 6.13. The van der Waals surface area contributed by atoms with Gasteiger partial charge in [0.25, 0.3) is 0 Å². The quantitative estimate of drug-likeness (QED) is 0.750. The first-order chi connectivity index (χ1) is 8.99. The van der Waals surface area contributed by atoms with Crippen molar-refractivity contribution in [3.63, 3.8) is 0 Å². The van der Waals surface area contributed by atoms with Gasteiger partial charge < -0.3 is 5.73 Å². The van der Waals surface area contributed by atoms with Crippen molar-refractivity contribution in [3.8, 4) is 5.69 Å². The summed E-state index contributed by atoms with van der Waals surface area (Å²) in [5, 5.41) is 4.39. The molecule has 0 bridgehead atoms. The number of aromatic nitrogens is 4. The Labute approximate surface area is 119 Å². The molecule has 98 valence electrons. The number of nitrogen functional groups attached to an aromatic ring is 1. The van der Waals surface area contributed by atoms with Crippen LogP contribution in [0.15, 0.2) is 22.7 Å². The molecule has 0 aliphatic rings. The average molecular weight is 320 g/mol. The van der Waals surface area contributed by atoms with Crippen LogP contribution in [0.4, 0.5) is 5.95 Å². The molecule has 3 rings (SSSR count). The zero-order valence-corrected chi connectivity index (χ0v) is 12.6. The van der Waals surface area contributed by atoms with E-state index >= 15 is 0 Å². The lowest BCUT2D eigenvalue weighted by Gasteiger charge is -2.10. The van der Waals surface area contributed by atoms with E-state index in [0.717, 1.165) is 27.0 Å². The lowest BCUT2D eigenvalue weighted by atomic mass is 10.2. The Balaban J connectivity index is 2.42. The predicted octanol–water partition coefficient (Wildman–Crippen LogP) is 2.72. The number of nitrogens with zero attached hydrogens (tertiary/aromatic N) is 4. The van der Waals surface area contributed by atoms with Gasteiger partial charge in [-0.15, -0.1) is 0 Å². The van der Waals surface area contributed by atoms with Gasteiger partial charge >= 0.3 is 0 Å². The molecule has 0 saturated carbocycles. The van der Waals surface area contributed by atoms with E-state index in [0.29, 0.717) is 5.95 Å². The maximum Gasteiger partial charge on any atom is 0.207 e. The number of anilines is 1. The van der Waals surface area contributed by atoms with Gasteiger partial charge in [0.15, 0.2) is 5.65 Å². The highest BCUT2D eigenvalue weighted by molar-refractivity contribution is 9.10. The molecule has 0 aliphatic carbocycles. The fourth-order valence-electron chi connectivity index (χ4n) is 2.32. The second-order valence-electron chi connectivity index (χ2n) is 4.64. The van der Waals surface area contributed by atoms with Gasteiger partial charge in [0.05, 0.1) is 11.4 Å². The molecule has 5 nitrogen and oxygen atoms in total. The number of fused-ring (bicyclic) bond motifs is 1. The van der Waals surface area contributed by atoms with Crippen LogP contribution in [0.1, 0.15) is 11.3 Å². The second-order valence-corrected chi connectivity index (χ2v) is 5.50. The average Bonchev–Trinajstić information content (AvgIpc) is 2.81. The standard InChI is InChI=1S/C13H14BrN5/c1-7-4-5-9(14)10(6-7)19-12-11(16-13(19)15)8(2)17-18(12)3/h4-6H,1-3H3,(H2,15,16). The van der Waals surface area contributed by atoms with E-state index in [9.17, 15) is 0 Å². The predicted molar refractivity (Wildman–Crippen MR) is 79.4 cm³/mol. The van der Waals surface area contributed by atoms with Gasteiger partial charge in [-0.2, -0.15) is 5.10 Å². The molecule has 3 aromatic rings. The highest BCUT2D eigenvalue weighted by Crippen LogP contribution is 2.29. The topological polar surface area (TPSA) is 61.7 Å². The van der Waals surface area contributed by atoms with Crippen LogP contribution in [-0.2, 0) is 7.05 Å². The van der Waals surface area contributed by atoms with E-state index in [2.05, 4.69) is 39.0 Å². The first kappa shape index (κ1) is 12.2. The lowest BCUT2D eigenvalue weighted by Crippen LogP contribution is -2.05. The minimum Gasteiger partial charge on any atom is -0.369 e. The molecule has 2 heterocycles. The van der Waals surface area contributed by atoms with Crippen molar-refractivity contribution >= 4 is 33.0 Å². The number of halogens is 1. The van der Waals surface area contributed by atoms with Gasteiger partial charge in [0.2, 0.25) is 5.95 Å². The molecule has 2 N–H and O–H groups in total. The number of nitrogens with two attached hydrogens (primary N) is 1. The maximum atomic E-state index is 6.08. The minimum absolute atomic E-state index is 0.470.